The average molecular weight is 286 g/mol. The van der Waals surface area contributed by atoms with Gasteiger partial charge >= 0.3 is 12.0 Å². The predicted octanol–water partition coefficient (Wildman–Crippen LogP) is 1.70. The number of amides is 2. The van der Waals surface area contributed by atoms with Crippen molar-refractivity contribution in [3.63, 3.8) is 0 Å². The van der Waals surface area contributed by atoms with E-state index in [4.69, 9.17) is 4.74 Å². The van der Waals surface area contributed by atoms with Crippen LogP contribution in [0.5, 0.6) is 0 Å². The summed E-state index contributed by atoms with van der Waals surface area (Å²) in [5.74, 6) is -0.610. The van der Waals surface area contributed by atoms with Gasteiger partial charge in [0.1, 0.15) is 5.54 Å². The summed E-state index contributed by atoms with van der Waals surface area (Å²) in [6, 6.07) is -0.306. The number of nitrogens with one attached hydrogen (secondary N) is 1. The molecule has 6 heteroatoms. The van der Waals surface area contributed by atoms with Crippen molar-refractivity contribution in [3.05, 3.63) is 0 Å². The van der Waals surface area contributed by atoms with Crippen molar-refractivity contribution in [2.24, 2.45) is 5.92 Å². The zero-order valence-corrected chi connectivity index (χ0v) is 12.6. The molecule has 0 saturated heterocycles. The SMILES string of the molecule is COCCN(CC(C)C)C(=O)NC1(C(=O)O)CCCC1. The van der Waals surface area contributed by atoms with E-state index in [2.05, 4.69) is 5.32 Å². The fourth-order valence-electron chi connectivity index (χ4n) is 2.57. The monoisotopic (exact) mass is 286 g/mol. The number of carbonyl (C=O) groups is 2. The molecule has 1 fully saturated rings. The van der Waals surface area contributed by atoms with Gasteiger partial charge in [0.05, 0.1) is 6.61 Å². The molecule has 0 atom stereocenters. The van der Waals surface area contributed by atoms with Crippen LogP contribution in [0.25, 0.3) is 0 Å². The van der Waals surface area contributed by atoms with Crippen LogP contribution < -0.4 is 5.32 Å². The average Bonchev–Trinajstić information content (AvgIpc) is 2.83. The van der Waals surface area contributed by atoms with E-state index in [1.165, 1.54) is 0 Å². The number of carbonyl (C=O) groups excluding carboxylic acids is 1. The van der Waals surface area contributed by atoms with Crippen LogP contribution in [0.4, 0.5) is 4.79 Å². The third-order valence-corrected chi connectivity index (χ3v) is 3.65. The topological polar surface area (TPSA) is 78.9 Å². The van der Waals surface area contributed by atoms with E-state index >= 15 is 0 Å². The van der Waals surface area contributed by atoms with Gasteiger partial charge in [0.25, 0.3) is 0 Å². The third kappa shape index (κ3) is 4.37. The smallest absolute Gasteiger partial charge is 0.329 e. The van der Waals surface area contributed by atoms with Gasteiger partial charge in [0.2, 0.25) is 0 Å². The third-order valence-electron chi connectivity index (χ3n) is 3.65. The van der Waals surface area contributed by atoms with Crippen molar-refractivity contribution >= 4 is 12.0 Å². The Morgan fingerprint density at radius 2 is 1.95 bits per heavy atom. The highest BCUT2D eigenvalue weighted by Gasteiger charge is 2.43. The van der Waals surface area contributed by atoms with Gasteiger partial charge in [-0.1, -0.05) is 26.7 Å². The van der Waals surface area contributed by atoms with Crippen LogP contribution in [0.15, 0.2) is 0 Å². The van der Waals surface area contributed by atoms with Gasteiger partial charge in [0, 0.05) is 20.2 Å². The van der Waals surface area contributed by atoms with Crippen LogP contribution in [0.1, 0.15) is 39.5 Å². The number of carboxylic acids is 1. The highest BCUT2D eigenvalue weighted by molar-refractivity contribution is 5.86. The van der Waals surface area contributed by atoms with E-state index in [1.807, 2.05) is 13.8 Å². The summed E-state index contributed by atoms with van der Waals surface area (Å²) in [6.45, 7) is 5.55. The second kappa shape index (κ2) is 7.47. The second-order valence-electron chi connectivity index (χ2n) is 5.86. The number of methoxy groups -OCH3 is 1. The molecule has 2 N–H and O–H groups in total. The summed E-state index contributed by atoms with van der Waals surface area (Å²) in [6.07, 6.45) is 2.70. The minimum absolute atomic E-state index is 0.306. The van der Waals surface area contributed by atoms with Crippen LogP contribution in [0, 0.1) is 5.92 Å². The summed E-state index contributed by atoms with van der Waals surface area (Å²) < 4.78 is 5.01. The van der Waals surface area contributed by atoms with Crippen LogP contribution in [0.3, 0.4) is 0 Å². The maximum absolute atomic E-state index is 12.3. The van der Waals surface area contributed by atoms with Gasteiger partial charge in [0.15, 0.2) is 0 Å². The van der Waals surface area contributed by atoms with Crippen LogP contribution in [-0.4, -0.2) is 54.4 Å². The molecule has 0 heterocycles. The molecular formula is C14H26N2O4. The lowest BCUT2D eigenvalue weighted by Crippen LogP contribution is -2.57. The fourth-order valence-corrected chi connectivity index (χ4v) is 2.57. The summed E-state index contributed by atoms with van der Waals surface area (Å²) >= 11 is 0. The molecule has 0 unspecified atom stereocenters. The Bertz CT molecular complexity index is 338. The Hall–Kier alpha value is -1.30. The number of nitrogens with zero attached hydrogens (tertiary/aromatic N) is 1. The predicted molar refractivity (Wildman–Crippen MR) is 75.7 cm³/mol. The molecule has 0 aromatic heterocycles. The number of hydrogen-bond donors (Lipinski definition) is 2. The van der Waals surface area contributed by atoms with Gasteiger partial charge in [-0.2, -0.15) is 0 Å². The Morgan fingerprint density at radius 1 is 1.35 bits per heavy atom. The van der Waals surface area contributed by atoms with Gasteiger partial charge in [-0.15, -0.1) is 0 Å². The molecule has 0 aliphatic heterocycles. The molecule has 1 aliphatic carbocycles. The molecular weight excluding hydrogens is 260 g/mol. The second-order valence-corrected chi connectivity index (χ2v) is 5.86. The lowest BCUT2D eigenvalue weighted by Gasteiger charge is -2.31. The molecule has 1 aliphatic rings. The van der Waals surface area contributed by atoms with Crippen LogP contribution in [-0.2, 0) is 9.53 Å². The van der Waals surface area contributed by atoms with Crippen LogP contribution in [0.2, 0.25) is 0 Å². The van der Waals surface area contributed by atoms with E-state index in [0.717, 1.165) is 12.8 Å². The first-order valence-corrected chi connectivity index (χ1v) is 7.20. The van der Waals surface area contributed by atoms with Gasteiger partial charge in [-0.05, 0) is 18.8 Å². The standard InChI is InChI=1S/C14H26N2O4/c1-11(2)10-16(8-9-20-3)13(19)15-14(12(17)18)6-4-5-7-14/h11H,4-10H2,1-3H3,(H,15,19)(H,17,18). The first-order valence-electron chi connectivity index (χ1n) is 7.20. The molecule has 1 saturated carbocycles. The summed E-state index contributed by atoms with van der Waals surface area (Å²) in [5, 5.41) is 12.1. The minimum Gasteiger partial charge on any atom is -0.480 e. The molecule has 20 heavy (non-hydrogen) atoms. The van der Waals surface area contributed by atoms with Crippen molar-refractivity contribution < 1.29 is 19.4 Å². The molecule has 0 radical (unpaired) electrons. The molecule has 2 amide bonds. The van der Waals surface area contributed by atoms with Crippen LogP contribution >= 0.6 is 0 Å². The Balaban J connectivity index is 2.70. The molecule has 6 nitrogen and oxygen atoms in total. The lowest BCUT2D eigenvalue weighted by atomic mass is 9.98. The number of aliphatic carboxylic acids is 1. The highest BCUT2D eigenvalue weighted by atomic mass is 16.5. The quantitative estimate of drug-likeness (QED) is 0.746. The number of rotatable bonds is 7. The molecule has 116 valence electrons. The van der Waals surface area contributed by atoms with E-state index in [0.29, 0.717) is 38.5 Å². The number of hydrogen-bond acceptors (Lipinski definition) is 3. The zero-order chi connectivity index (χ0) is 15.2. The maximum Gasteiger partial charge on any atom is 0.329 e. The van der Waals surface area contributed by atoms with Crippen molar-refractivity contribution in [1.29, 1.82) is 0 Å². The van der Waals surface area contributed by atoms with E-state index in [-0.39, 0.29) is 6.03 Å². The Morgan fingerprint density at radius 3 is 2.40 bits per heavy atom. The normalized spacial score (nSPS) is 17.2. The highest BCUT2D eigenvalue weighted by Crippen LogP contribution is 2.30. The summed E-state index contributed by atoms with van der Waals surface area (Å²) in [5.41, 5.74) is -1.08. The van der Waals surface area contributed by atoms with Crippen molar-refractivity contribution in [3.8, 4) is 0 Å². The fraction of sp³-hybridized carbons (Fsp3) is 0.857. The molecule has 0 bridgehead atoms. The Kier molecular flexibility index (Phi) is 6.26. The number of carboxylic acid groups (broad SMARTS) is 1. The molecule has 0 aromatic carbocycles. The maximum atomic E-state index is 12.3. The van der Waals surface area contributed by atoms with E-state index < -0.39 is 11.5 Å². The van der Waals surface area contributed by atoms with Gasteiger partial charge < -0.3 is 20.1 Å². The first kappa shape index (κ1) is 16.8. The summed E-state index contributed by atoms with van der Waals surface area (Å²) in [7, 11) is 1.58. The largest absolute Gasteiger partial charge is 0.480 e. The lowest BCUT2D eigenvalue weighted by molar-refractivity contribution is -0.144. The van der Waals surface area contributed by atoms with Crippen molar-refractivity contribution in [2.75, 3.05) is 26.8 Å². The molecule has 0 aromatic rings. The zero-order valence-electron chi connectivity index (χ0n) is 12.6. The molecule has 0 spiro atoms. The number of ether oxygens (including phenoxy) is 1. The number of urea groups is 1. The van der Waals surface area contributed by atoms with Gasteiger partial charge in [-0.3, -0.25) is 0 Å². The Labute approximate surface area is 120 Å². The van der Waals surface area contributed by atoms with Crippen molar-refractivity contribution in [1.82, 2.24) is 10.2 Å². The van der Waals surface area contributed by atoms with Crippen molar-refractivity contribution in [2.45, 2.75) is 45.1 Å². The molecule has 1 rings (SSSR count). The summed E-state index contributed by atoms with van der Waals surface area (Å²) in [4.78, 5) is 25.4. The minimum atomic E-state index is -1.08. The van der Waals surface area contributed by atoms with E-state index in [1.54, 1.807) is 12.0 Å². The van der Waals surface area contributed by atoms with E-state index in [9.17, 15) is 14.7 Å². The first-order chi connectivity index (χ1) is 9.41. The van der Waals surface area contributed by atoms with Gasteiger partial charge in [-0.25, -0.2) is 9.59 Å².